The van der Waals surface area contributed by atoms with Crippen LogP contribution >= 0.6 is 0 Å². The summed E-state index contributed by atoms with van der Waals surface area (Å²) in [5, 5.41) is 36.3. The number of methoxy groups -OCH3 is 3. The van der Waals surface area contributed by atoms with Crippen molar-refractivity contribution in [1.29, 1.82) is 15.8 Å². The van der Waals surface area contributed by atoms with E-state index in [4.69, 9.17) is 37.9 Å². The predicted molar refractivity (Wildman–Crippen MR) is 411 cm³/mol. The summed E-state index contributed by atoms with van der Waals surface area (Å²) in [5.41, 5.74) is 6.52. The molecule has 3 saturated heterocycles. The van der Waals surface area contributed by atoms with Gasteiger partial charge in [-0.3, -0.25) is 59.4 Å². The molecule has 9 amide bonds. The van der Waals surface area contributed by atoms with Gasteiger partial charge in [0.15, 0.2) is 18.9 Å². The molecule has 0 radical (unpaired) electrons. The Morgan fingerprint density at radius 2 is 0.798 bits per heavy atom. The highest BCUT2D eigenvalue weighted by molar-refractivity contribution is 6.04. The van der Waals surface area contributed by atoms with E-state index >= 15 is 0 Å². The molecule has 35 heteroatoms. The van der Waals surface area contributed by atoms with Crippen LogP contribution < -0.4 is 40.1 Å². The standard InChI is InChI=1S/C27H32N6O5.2C26H30N6O6/c1-32(26(35)23-8-5-11-38-23)16-20-12-19-6-3-9-33(25(19)30-22(20)17-34)27(36)31-24-13-18(7-4-10-37-2)21(14-28)15-29-24;2*1-31(25(34)21-6-4-8-37-21)15-18-11-17-5-3-7-32(24(17)29-20(18)16-33)26(35)30-23-12-22(38-10-9-36-2)19(13-27)14-28-23/h12-13,15,17,23H,3-11,16H2,1-2H3,(H,29,31,36);2*11-12,14,16,21H,3-10,15H2,1-2H3,(H,28,30,35)/t23-;2*21-/m110/s1. The molecule has 600 valence electrons. The first kappa shape index (κ1) is 84.4. The molecule has 6 aliphatic rings. The SMILES string of the molecule is COCCCc1cc(NC(=O)N2CCCc3cc(CN(C)C(=O)[C@H]4CCCO4)c(C=O)nc32)ncc1C#N.COCCOc1cc(NC(=O)N2CCCc3cc(CN(C)C(=O)[C@@H]4CCCO4)c(C=O)nc32)ncc1C#N.COCCOc1cc(NC(=O)N2CCCc3cc(CN(C)C(=O)[C@H]4CCCO4)c(C=O)nc32)ncc1C#N. The lowest BCUT2D eigenvalue weighted by molar-refractivity contribution is -0.140. The minimum Gasteiger partial charge on any atom is -0.490 e. The number of anilines is 6. The van der Waals surface area contributed by atoms with Gasteiger partial charge in [0.25, 0.3) is 17.7 Å². The van der Waals surface area contributed by atoms with Gasteiger partial charge in [-0.2, -0.15) is 15.8 Å². The number of rotatable bonds is 27. The third-order valence-corrected chi connectivity index (χ3v) is 19.5. The fourth-order valence-electron chi connectivity index (χ4n) is 13.7. The van der Waals surface area contributed by atoms with Gasteiger partial charge in [0.1, 0.15) is 124 Å². The van der Waals surface area contributed by atoms with Crippen molar-refractivity contribution in [3.8, 4) is 29.7 Å². The second-order valence-corrected chi connectivity index (χ2v) is 27.5. The minimum absolute atomic E-state index is 0.116. The number of aromatic nitrogens is 6. The fourth-order valence-corrected chi connectivity index (χ4v) is 13.7. The number of aryl methyl sites for hydroxylation is 4. The van der Waals surface area contributed by atoms with Gasteiger partial charge >= 0.3 is 18.1 Å². The molecule has 114 heavy (non-hydrogen) atoms. The number of nitriles is 3. The molecule has 0 aliphatic carbocycles. The molecule has 3 atom stereocenters. The van der Waals surface area contributed by atoms with E-state index in [-0.39, 0.29) is 102 Å². The van der Waals surface area contributed by atoms with Crippen molar-refractivity contribution in [2.45, 2.75) is 128 Å². The van der Waals surface area contributed by atoms with Gasteiger partial charge in [-0.15, -0.1) is 0 Å². The molecule has 0 saturated carbocycles. The lowest BCUT2D eigenvalue weighted by Crippen LogP contribution is -2.40. The van der Waals surface area contributed by atoms with Crippen LogP contribution in [0.4, 0.5) is 49.3 Å². The van der Waals surface area contributed by atoms with E-state index < -0.39 is 36.4 Å². The molecule has 35 nitrogen and oxygen atoms in total. The number of aldehydes is 3. The average Bonchev–Trinajstić information content (AvgIpc) is 1.72. The summed E-state index contributed by atoms with van der Waals surface area (Å²) < 4.78 is 42.7. The second-order valence-electron chi connectivity index (χ2n) is 27.5. The van der Waals surface area contributed by atoms with Gasteiger partial charge in [-0.1, -0.05) is 0 Å². The number of urea groups is 3. The first-order valence-corrected chi connectivity index (χ1v) is 37.6. The molecule has 12 heterocycles. The number of hydrogen-bond donors (Lipinski definition) is 3. The Labute approximate surface area is 659 Å². The van der Waals surface area contributed by atoms with E-state index in [1.807, 2.05) is 30.3 Å². The van der Waals surface area contributed by atoms with Crippen LogP contribution in [0.5, 0.6) is 11.5 Å². The summed E-state index contributed by atoms with van der Waals surface area (Å²) in [5.74, 6) is 2.12. The number of carbonyl (C=O) groups excluding carboxylic acids is 9. The number of ether oxygens (including phenoxy) is 8. The van der Waals surface area contributed by atoms with Crippen molar-refractivity contribution in [2.75, 3.05) is 146 Å². The maximum Gasteiger partial charge on any atom is 0.328 e. The van der Waals surface area contributed by atoms with Crippen LogP contribution in [0.15, 0.2) is 55.0 Å². The van der Waals surface area contributed by atoms with Gasteiger partial charge in [0.2, 0.25) is 0 Å². The highest BCUT2D eigenvalue weighted by Gasteiger charge is 2.35. The second kappa shape index (κ2) is 41.5. The summed E-state index contributed by atoms with van der Waals surface area (Å²) in [6.45, 7) is 5.29. The number of nitrogens with one attached hydrogen (secondary N) is 3. The lowest BCUT2D eigenvalue weighted by atomic mass is 10.0. The quantitative estimate of drug-likeness (QED) is 0.0332. The Kier molecular flexibility index (Phi) is 30.7. The topological polar surface area (TPSA) is 432 Å². The van der Waals surface area contributed by atoms with E-state index in [2.05, 4.69) is 51.9 Å². The zero-order valence-electron chi connectivity index (χ0n) is 64.6. The molecule has 0 aromatic carbocycles. The van der Waals surface area contributed by atoms with E-state index in [1.165, 1.54) is 45.4 Å². The molecule has 3 fully saturated rings. The first-order valence-electron chi connectivity index (χ1n) is 37.6. The van der Waals surface area contributed by atoms with Crippen LogP contribution in [0.3, 0.4) is 0 Å². The van der Waals surface area contributed by atoms with Gasteiger partial charge < -0.3 is 52.6 Å². The third-order valence-electron chi connectivity index (χ3n) is 19.5. The van der Waals surface area contributed by atoms with E-state index in [0.29, 0.717) is 181 Å². The Balaban J connectivity index is 0.000000181. The molecular formula is C79H92N18O17. The van der Waals surface area contributed by atoms with Crippen LogP contribution in [-0.2, 0) is 88.1 Å². The van der Waals surface area contributed by atoms with E-state index in [1.54, 1.807) is 63.2 Å². The number of likely N-dealkylation sites (N-methyl/N-ethyl adjacent to an activating group) is 3. The molecule has 12 rings (SSSR count). The van der Waals surface area contributed by atoms with E-state index in [9.17, 15) is 58.9 Å². The number of hydrogen-bond acceptors (Lipinski definition) is 26. The van der Waals surface area contributed by atoms with Gasteiger partial charge in [0, 0.05) is 143 Å². The summed E-state index contributed by atoms with van der Waals surface area (Å²) in [4.78, 5) is 149. The first-order chi connectivity index (χ1) is 55.3. The zero-order chi connectivity index (χ0) is 81.2. The van der Waals surface area contributed by atoms with Crippen LogP contribution in [0.2, 0.25) is 0 Å². The number of amides is 9. The predicted octanol–water partition coefficient (Wildman–Crippen LogP) is 7.48. The van der Waals surface area contributed by atoms with Crippen LogP contribution in [-0.4, -0.2) is 233 Å². The highest BCUT2D eigenvalue weighted by Crippen LogP contribution is 2.34. The van der Waals surface area contributed by atoms with Crippen molar-refractivity contribution in [3.05, 3.63) is 128 Å². The number of fused-ring (bicyclic) bond motifs is 3. The van der Waals surface area contributed by atoms with Crippen molar-refractivity contribution < 1.29 is 81.0 Å². The Hall–Kier alpha value is -12.0. The van der Waals surface area contributed by atoms with Crippen LogP contribution in [0.1, 0.15) is 151 Å². The molecule has 3 N–H and O–H groups in total. The van der Waals surface area contributed by atoms with Gasteiger partial charge in [0.05, 0.1) is 31.2 Å². The third kappa shape index (κ3) is 21.6. The molecule has 6 aromatic heterocycles. The molecule has 0 bridgehead atoms. The maximum absolute atomic E-state index is 13.2. The molecule has 6 aliphatic heterocycles. The van der Waals surface area contributed by atoms with Crippen molar-refractivity contribution in [2.24, 2.45) is 0 Å². The maximum atomic E-state index is 13.2. The average molecular weight is 1570 g/mol. The molecular weight excluding hydrogens is 1470 g/mol. The summed E-state index contributed by atoms with van der Waals surface area (Å²) in [7, 11) is 9.74. The normalized spacial score (nSPS) is 16.4. The van der Waals surface area contributed by atoms with Crippen LogP contribution in [0.25, 0.3) is 0 Å². The largest absolute Gasteiger partial charge is 0.490 e. The summed E-state index contributed by atoms with van der Waals surface area (Å²) >= 11 is 0. The lowest BCUT2D eigenvalue weighted by Gasteiger charge is -2.29. The summed E-state index contributed by atoms with van der Waals surface area (Å²) in [6.07, 6.45) is 14.8. The van der Waals surface area contributed by atoms with Crippen molar-refractivity contribution in [3.63, 3.8) is 0 Å². The zero-order valence-corrected chi connectivity index (χ0v) is 64.6. The minimum atomic E-state index is -0.478. The Morgan fingerprint density at radius 1 is 0.465 bits per heavy atom. The van der Waals surface area contributed by atoms with Crippen LogP contribution in [0, 0.1) is 34.0 Å². The Bertz CT molecular complexity index is 4170. The molecule has 6 aromatic rings. The smallest absolute Gasteiger partial charge is 0.328 e. The molecule has 0 unspecified atom stereocenters. The van der Waals surface area contributed by atoms with Crippen molar-refractivity contribution in [1.82, 2.24) is 44.6 Å². The highest BCUT2D eigenvalue weighted by atomic mass is 16.5. The van der Waals surface area contributed by atoms with Crippen molar-refractivity contribution >= 4 is 89.6 Å². The number of nitrogens with zero attached hydrogens (tertiary/aromatic N) is 15. The van der Waals surface area contributed by atoms with Gasteiger partial charge in [-0.25, -0.2) is 44.3 Å². The monoisotopic (exact) mass is 1560 g/mol. The van der Waals surface area contributed by atoms with Gasteiger partial charge in [-0.05, 0) is 136 Å². The number of pyridine rings is 6. The fraction of sp³-hybridized carbons (Fsp3) is 0.468. The summed E-state index contributed by atoms with van der Waals surface area (Å²) in [6, 6.07) is 15.0. The van der Waals surface area contributed by atoms with E-state index in [0.717, 1.165) is 54.4 Å². The number of carbonyl (C=O) groups is 9. The molecule has 0 spiro atoms. The Morgan fingerprint density at radius 3 is 1.11 bits per heavy atom.